The lowest BCUT2D eigenvalue weighted by atomic mass is 9.97. The van der Waals surface area contributed by atoms with Gasteiger partial charge in [-0.05, 0) is 30.5 Å². The zero-order valence-electron chi connectivity index (χ0n) is 15.8. The van der Waals surface area contributed by atoms with Crippen molar-refractivity contribution in [2.75, 3.05) is 12.3 Å². The lowest BCUT2D eigenvalue weighted by Crippen LogP contribution is -2.44. The van der Waals surface area contributed by atoms with Crippen LogP contribution in [0.3, 0.4) is 0 Å². The van der Waals surface area contributed by atoms with Crippen LogP contribution in [0.2, 0.25) is 5.28 Å². The van der Waals surface area contributed by atoms with E-state index in [0.29, 0.717) is 23.9 Å². The normalized spacial score (nSPS) is 24.6. The molecule has 2 aromatic heterocycles. The fourth-order valence-corrected chi connectivity index (χ4v) is 3.66. The molecule has 150 valence electrons. The van der Waals surface area contributed by atoms with Gasteiger partial charge in [0.1, 0.15) is 23.8 Å². The minimum atomic E-state index is -1.44. The molecule has 1 saturated heterocycles. The summed E-state index contributed by atoms with van der Waals surface area (Å²) in [6.07, 6.45) is 7.53. The van der Waals surface area contributed by atoms with Crippen LogP contribution in [-0.4, -0.2) is 43.9 Å². The molecule has 28 heavy (non-hydrogen) atoms. The van der Waals surface area contributed by atoms with Gasteiger partial charge in [-0.25, -0.2) is 4.98 Å². The van der Waals surface area contributed by atoms with Gasteiger partial charge in [0, 0.05) is 12.6 Å². The Morgan fingerprint density at radius 3 is 2.89 bits per heavy atom. The number of terminal acetylenes is 1. The van der Waals surface area contributed by atoms with E-state index in [0.717, 1.165) is 0 Å². The number of anilines is 1. The summed E-state index contributed by atoms with van der Waals surface area (Å²) in [7, 11) is 0. The minimum absolute atomic E-state index is 0.00466. The number of esters is 1. The maximum Gasteiger partial charge on any atom is 0.309 e. The van der Waals surface area contributed by atoms with Gasteiger partial charge in [-0.3, -0.25) is 4.79 Å². The summed E-state index contributed by atoms with van der Waals surface area (Å²) in [6.45, 7) is 3.35. The Morgan fingerprint density at radius 2 is 2.29 bits per heavy atom. The molecule has 1 aliphatic rings. The Labute approximate surface area is 168 Å². The molecule has 8 nitrogen and oxygen atoms in total. The number of carbonyl (C=O) groups is 1. The summed E-state index contributed by atoms with van der Waals surface area (Å²) >= 11 is 5.94. The molecule has 0 amide bonds. The molecule has 3 heterocycles. The maximum absolute atomic E-state index is 12.5. The zero-order chi connectivity index (χ0) is 20.5. The third-order valence-electron chi connectivity index (χ3n) is 5.22. The Morgan fingerprint density at radius 1 is 1.57 bits per heavy atom. The van der Waals surface area contributed by atoms with E-state index >= 15 is 0 Å². The first-order valence-corrected chi connectivity index (χ1v) is 9.53. The lowest BCUT2D eigenvalue weighted by Gasteiger charge is -2.27. The third kappa shape index (κ3) is 3.41. The van der Waals surface area contributed by atoms with Crippen molar-refractivity contribution in [3.63, 3.8) is 0 Å². The highest BCUT2D eigenvalue weighted by Gasteiger charge is 2.51. The van der Waals surface area contributed by atoms with Crippen molar-refractivity contribution in [1.82, 2.24) is 14.5 Å². The largest absolute Gasteiger partial charge is 0.458 e. The number of aliphatic hydroxyl groups excluding tert-OH is 1. The number of hydrogen-bond donors (Lipinski definition) is 2. The van der Waals surface area contributed by atoms with E-state index in [1.807, 2.05) is 13.8 Å². The number of nitrogen functional groups attached to an aromatic ring is 1. The van der Waals surface area contributed by atoms with E-state index in [1.165, 1.54) is 0 Å². The van der Waals surface area contributed by atoms with E-state index in [2.05, 4.69) is 15.9 Å². The van der Waals surface area contributed by atoms with E-state index in [9.17, 15) is 9.90 Å². The van der Waals surface area contributed by atoms with E-state index in [4.69, 9.17) is 33.2 Å². The first kappa shape index (κ1) is 20.4. The predicted octanol–water partition coefficient (Wildman–Crippen LogP) is 2.30. The van der Waals surface area contributed by atoms with Gasteiger partial charge in [-0.2, -0.15) is 4.98 Å². The molecule has 0 spiro atoms. The van der Waals surface area contributed by atoms with Crippen LogP contribution in [-0.2, 0) is 14.3 Å². The number of aromatic nitrogens is 3. The Hall–Kier alpha value is -2.34. The van der Waals surface area contributed by atoms with Crippen LogP contribution in [0, 0.1) is 18.3 Å². The number of carbonyl (C=O) groups excluding carboxylic acids is 1. The van der Waals surface area contributed by atoms with Crippen LogP contribution in [0.5, 0.6) is 0 Å². The smallest absolute Gasteiger partial charge is 0.309 e. The second-order valence-electron chi connectivity index (χ2n) is 6.78. The number of halogens is 1. The van der Waals surface area contributed by atoms with Gasteiger partial charge in [-0.15, -0.1) is 6.42 Å². The van der Waals surface area contributed by atoms with E-state index in [1.54, 1.807) is 16.8 Å². The first-order chi connectivity index (χ1) is 13.4. The third-order valence-corrected chi connectivity index (χ3v) is 5.39. The lowest BCUT2D eigenvalue weighted by molar-refractivity contribution is -0.163. The highest BCUT2D eigenvalue weighted by molar-refractivity contribution is 6.28. The van der Waals surface area contributed by atoms with E-state index in [-0.39, 0.29) is 29.4 Å². The number of fused-ring (bicyclic) bond motifs is 1. The van der Waals surface area contributed by atoms with Crippen molar-refractivity contribution in [3.05, 3.63) is 17.5 Å². The molecule has 3 N–H and O–H groups in total. The number of hydrogen-bond acceptors (Lipinski definition) is 7. The molecular weight excluding hydrogens is 384 g/mol. The average Bonchev–Trinajstić information content (AvgIpc) is 3.24. The van der Waals surface area contributed by atoms with E-state index < -0.39 is 24.5 Å². The molecule has 9 heteroatoms. The van der Waals surface area contributed by atoms with Crippen LogP contribution in [0.4, 0.5) is 5.82 Å². The molecule has 0 radical (unpaired) electrons. The quantitative estimate of drug-likeness (QED) is 0.430. The number of rotatable bonds is 6. The van der Waals surface area contributed by atoms with Gasteiger partial charge >= 0.3 is 5.97 Å². The Bertz CT molecular complexity index is 921. The zero-order valence-corrected chi connectivity index (χ0v) is 16.5. The van der Waals surface area contributed by atoms with Gasteiger partial charge in [0.05, 0.1) is 17.9 Å². The van der Waals surface area contributed by atoms with Crippen molar-refractivity contribution in [3.8, 4) is 12.3 Å². The molecule has 3 atom stereocenters. The molecular formula is C19H23ClN4O4. The summed E-state index contributed by atoms with van der Waals surface area (Å²) in [5.74, 6) is 2.14. The highest BCUT2D eigenvalue weighted by atomic mass is 35.5. The van der Waals surface area contributed by atoms with Crippen LogP contribution in [0.25, 0.3) is 11.0 Å². The average molecular weight is 407 g/mol. The van der Waals surface area contributed by atoms with Crippen LogP contribution >= 0.6 is 11.6 Å². The second-order valence-corrected chi connectivity index (χ2v) is 7.12. The first-order valence-electron chi connectivity index (χ1n) is 9.15. The summed E-state index contributed by atoms with van der Waals surface area (Å²) in [6, 6.07) is 1.74. The van der Waals surface area contributed by atoms with Crippen molar-refractivity contribution in [2.24, 2.45) is 5.92 Å². The van der Waals surface area contributed by atoms with Gasteiger partial charge in [0.2, 0.25) is 5.28 Å². The SMILES string of the molecule is C#CC1(CO)O[C@@H](n2ccc3c(N)nc(Cl)nc32)C[C@@H]1OC(=O)C(CC)CC. The summed E-state index contributed by atoms with van der Waals surface area (Å²) in [4.78, 5) is 20.6. The van der Waals surface area contributed by atoms with Crippen molar-refractivity contribution in [2.45, 2.75) is 51.0 Å². The Balaban J connectivity index is 1.94. The standard InChI is InChI=1S/C19H23ClN4O4/c1-4-11(5-2)17(26)27-13-9-14(28-19(13,6-3)10-25)24-8-7-12-15(21)22-18(20)23-16(12)24/h3,7-8,11,13-14,25H,4-5,9-10H2,1-2H3,(H2,21,22,23)/t13-,14+,19?/m0/s1. The molecule has 1 aliphatic heterocycles. The molecule has 0 saturated carbocycles. The summed E-state index contributed by atoms with van der Waals surface area (Å²) in [5.41, 5.74) is 4.93. The molecule has 0 bridgehead atoms. The number of nitrogens with two attached hydrogens (primary N) is 1. The predicted molar refractivity (Wildman–Crippen MR) is 104 cm³/mol. The van der Waals surface area contributed by atoms with Crippen LogP contribution < -0.4 is 5.73 Å². The second kappa shape index (κ2) is 7.95. The van der Waals surface area contributed by atoms with Gasteiger partial charge in [0.25, 0.3) is 0 Å². The highest BCUT2D eigenvalue weighted by Crippen LogP contribution is 2.40. The minimum Gasteiger partial charge on any atom is -0.458 e. The molecule has 1 unspecified atom stereocenters. The topological polar surface area (TPSA) is 112 Å². The van der Waals surface area contributed by atoms with Gasteiger partial charge in [0.15, 0.2) is 5.60 Å². The fraction of sp³-hybridized carbons (Fsp3) is 0.526. The monoisotopic (exact) mass is 406 g/mol. The fourth-order valence-electron chi connectivity index (χ4n) is 3.49. The van der Waals surface area contributed by atoms with Crippen LogP contribution in [0.15, 0.2) is 12.3 Å². The van der Waals surface area contributed by atoms with Crippen molar-refractivity contribution < 1.29 is 19.4 Å². The number of nitrogens with zero attached hydrogens (tertiary/aromatic N) is 3. The molecule has 0 aromatic carbocycles. The van der Waals surface area contributed by atoms with Crippen molar-refractivity contribution in [1.29, 1.82) is 0 Å². The molecule has 2 aromatic rings. The van der Waals surface area contributed by atoms with Gasteiger partial charge < -0.3 is 24.9 Å². The van der Waals surface area contributed by atoms with Crippen LogP contribution in [0.1, 0.15) is 39.3 Å². The molecule has 3 rings (SSSR count). The summed E-state index contributed by atoms with van der Waals surface area (Å²) < 4.78 is 13.4. The number of aliphatic hydroxyl groups is 1. The van der Waals surface area contributed by atoms with Crippen molar-refractivity contribution >= 4 is 34.4 Å². The molecule has 1 fully saturated rings. The molecule has 0 aliphatic carbocycles. The maximum atomic E-state index is 12.5. The Kier molecular flexibility index (Phi) is 5.79. The number of ether oxygens (including phenoxy) is 2. The summed E-state index contributed by atoms with van der Waals surface area (Å²) in [5, 5.41) is 10.6. The van der Waals surface area contributed by atoms with Gasteiger partial charge in [-0.1, -0.05) is 19.8 Å².